The Kier molecular flexibility index (Phi) is 8.58. The van der Waals surface area contributed by atoms with Crippen molar-refractivity contribution in [2.45, 2.75) is 56.0 Å². The molecule has 8 nitrogen and oxygen atoms in total. The number of primary sulfonamides is 1. The molecule has 12 heteroatoms. The van der Waals surface area contributed by atoms with Gasteiger partial charge >= 0.3 is 0 Å². The fourth-order valence-electron chi connectivity index (χ4n) is 4.27. The van der Waals surface area contributed by atoms with Crippen molar-refractivity contribution in [1.29, 1.82) is 0 Å². The number of nitrogens with zero attached hydrogens (tertiary/aromatic N) is 3. The van der Waals surface area contributed by atoms with Crippen molar-refractivity contribution in [2.75, 3.05) is 11.1 Å². The number of nitrogens with two attached hydrogens (primary N) is 1. The summed E-state index contributed by atoms with van der Waals surface area (Å²) in [4.78, 5) is 12.5. The number of hydrogen-bond acceptors (Lipinski definition) is 6. The molecule has 0 saturated carbocycles. The predicted molar refractivity (Wildman–Crippen MR) is 137 cm³/mol. The lowest BCUT2D eigenvalue weighted by atomic mass is 9.86. The van der Waals surface area contributed by atoms with E-state index in [2.05, 4.69) is 34.6 Å². The van der Waals surface area contributed by atoms with Gasteiger partial charge in [-0.05, 0) is 80.0 Å². The van der Waals surface area contributed by atoms with E-state index in [1.807, 2.05) is 11.5 Å². The zero-order valence-electron chi connectivity index (χ0n) is 19.4. The Morgan fingerprint density at radius 1 is 1.17 bits per heavy atom. The van der Waals surface area contributed by atoms with Gasteiger partial charge in [-0.15, -0.1) is 10.2 Å². The van der Waals surface area contributed by atoms with Crippen molar-refractivity contribution in [1.82, 2.24) is 14.8 Å². The SMILES string of the molecule is CCc1ccc(-n2c(C)nnc2SCC(=O)Nc2ccc(S(N)(=O)=O)cc2Cl)c2c1CCCC2.F. The standard InChI is InChI=1S/C23H26ClN5O3S2.FH/c1-3-15-8-11-21(18-7-5-4-6-17(15)18)29-14(2)27-28-23(29)33-13-22(30)26-20-10-9-16(12-19(20)24)34(25,31)32;/h8-12H,3-7,13H2,1-2H3,(H,26,30)(H2,25,31,32);1H. The number of carbonyl (C=O) groups excluding carboxylic acids is 1. The number of thioether (sulfide) groups is 1. The Morgan fingerprint density at radius 3 is 2.54 bits per heavy atom. The molecule has 4 rings (SSSR count). The van der Waals surface area contributed by atoms with Gasteiger partial charge in [-0.2, -0.15) is 0 Å². The van der Waals surface area contributed by atoms with Gasteiger partial charge in [-0.1, -0.05) is 36.4 Å². The highest BCUT2D eigenvalue weighted by atomic mass is 35.5. The van der Waals surface area contributed by atoms with Crippen LogP contribution in [0.2, 0.25) is 5.02 Å². The second kappa shape index (κ2) is 11.1. The van der Waals surface area contributed by atoms with E-state index in [1.165, 1.54) is 53.1 Å². The van der Waals surface area contributed by atoms with Crippen LogP contribution >= 0.6 is 23.4 Å². The van der Waals surface area contributed by atoms with Gasteiger partial charge in [0.1, 0.15) is 5.82 Å². The maximum Gasteiger partial charge on any atom is 0.238 e. The predicted octanol–water partition coefficient (Wildman–Crippen LogP) is 4.20. The molecule has 1 aliphatic carbocycles. The first-order valence-electron chi connectivity index (χ1n) is 11.0. The third-order valence-corrected chi connectivity index (χ3v) is 8.05. The average Bonchev–Trinajstić information content (AvgIpc) is 3.17. The minimum atomic E-state index is -3.88. The Balaban J connectivity index is 0.00000342. The Hall–Kier alpha value is -2.47. The molecule has 3 aromatic rings. The van der Waals surface area contributed by atoms with Gasteiger partial charge in [0.25, 0.3) is 0 Å². The van der Waals surface area contributed by atoms with E-state index in [1.54, 1.807) is 0 Å². The molecule has 1 aromatic heterocycles. The first kappa shape index (κ1) is 27.1. The lowest BCUT2D eigenvalue weighted by molar-refractivity contribution is -0.113. The Morgan fingerprint density at radius 2 is 1.89 bits per heavy atom. The number of halogens is 2. The largest absolute Gasteiger partial charge is 0.324 e. The summed E-state index contributed by atoms with van der Waals surface area (Å²) in [7, 11) is -3.88. The van der Waals surface area contributed by atoms with E-state index in [9.17, 15) is 13.2 Å². The minimum Gasteiger partial charge on any atom is -0.324 e. The van der Waals surface area contributed by atoms with Crippen LogP contribution in [0.15, 0.2) is 40.4 Å². The first-order chi connectivity index (χ1) is 16.2. The zero-order chi connectivity index (χ0) is 24.5. The second-order valence-corrected chi connectivity index (χ2v) is 11.1. The summed E-state index contributed by atoms with van der Waals surface area (Å²) in [6.07, 6.45) is 5.47. The van der Waals surface area contributed by atoms with Crippen LogP contribution < -0.4 is 10.5 Å². The number of fused-ring (bicyclic) bond motifs is 1. The van der Waals surface area contributed by atoms with Gasteiger partial charge in [0.2, 0.25) is 15.9 Å². The van der Waals surface area contributed by atoms with E-state index < -0.39 is 10.0 Å². The van der Waals surface area contributed by atoms with Crippen molar-refractivity contribution >= 4 is 45.0 Å². The van der Waals surface area contributed by atoms with Crippen LogP contribution in [0.1, 0.15) is 42.3 Å². The average molecular weight is 540 g/mol. The third-order valence-electron chi connectivity index (χ3n) is 5.90. The van der Waals surface area contributed by atoms with Gasteiger partial charge in [-0.3, -0.25) is 14.1 Å². The third kappa shape index (κ3) is 5.85. The Labute approximate surface area is 213 Å². The maximum atomic E-state index is 12.6. The highest BCUT2D eigenvalue weighted by Gasteiger charge is 2.21. The maximum absolute atomic E-state index is 12.6. The normalized spacial score (nSPS) is 13.1. The molecule has 0 unspecified atom stereocenters. The fraction of sp³-hybridized carbons (Fsp3) is 0.348. The monoisotopic (exact) mass is 539 g/mol. The number of benzene rings is 2. The van der Waals surface area contributed by atoms with E-state index in [4.69, 9.17) is 16.7 Å². The number of sulfonamides is 1. The Bertz CT molecular complexity index is 1360. The van der Waals surface area contributed by atoms with Crippen molar-refractivity contribution < 1.29 is 17.9 Å². The molecule has 1 aliphatic rings. The molecule has 1 heterocycles. The molecule has 1 amide bonds. The molecule has 35 heavy (non-hydrogen) atoms. The van der Waals surface area contributed by atoms with Crippen molar-refractivity contribution in [3.05, 3.63) is 57.9 Å². The smallest absolute Gasteiger partial charge is 0.238 e. The van der Waals surface area contributed by atoms with E-state index in [-0.39, 0.29) is 26.3 Å². The number of nitrogens with one attached hydrogen (secondary N) is 1. The van der Waals surface area contributed by atoms with E-state index in [0.717, 1.165) is 37.2 Å². The van der Waals surface area contributed by atoms with Gasteiger partial charge in [0.05, 0.1) is 27.0 Å². The summed E-state index contributed by atoms with van der Waals surface area (Å²) in [5, 5.41) is 17.1. The highest BCUT2D eigenvalue weighted by molar-refractivity contribution is 7.99. The summed E-state index contributed by atoms with van der Waals surface area (Å²) in [5.41, 5.74) is 5.57. The van der Waals surface area contributed by atoms with Crippen LogP contribution in [0.5, 0.6) is 0 Å². The van der Waals surface area contributed by atoms with Gasteiger partial charge < -0.3 is 5.32 Å². The van der Waals surface area contributed by atoms with Crippen LogP contribution in [0, 0.1) is 6.92 Å². The molecule has 0 atom stereocenters. The molecule has 0 saturated heterocycles. The first-order valence-corrected chi connectivity index (χ1v) is 13.9. The molecule has 0 fully saturated rings. The number of aromatic nitrogens is 3. The quantitative estimate of drug-likeness (QED) is 0.434. The van der Waals surface area contributed by atoms with E-state index >= 15 is 0 Å². The lowest BCUT2D eigenvalue weighted by Gasteiger charge is -2.23. The summed E-state index contributed by atoms with van der Waals surface area (Å²) in [6.45, 7) is 4.09. The van der Waals surface area contributed by atoms with Crippen molar-refractivity contribution in [3.8, 4) is 5.69 Å². The molecule has 188 valence electrons. The second-order valence-electron chi connectivity index (χ2n) is 8.15. The molecule has 3 N–H and O–H groups in total. The molecule has 2 aromatic carbocycles. The lowest BCUT2D eigenvalue weighted by Crippen LogP contribution is -2.16. The molecule has 0 radical (unpaired) electrons. The minimum absolute atomic E-state index is 0. The summed E-state index contributed by atoms with van der Waals surface area (Å²) in [6, 6.07) is 8.25. The van der Waals surface area contributed by atoms with Crippen LogP contribution in [0.25, 0.3) is 5.69 Å². The summed E-state index contributed by atoms with van der Waals surface area (Å²) >= 11 is 7.41. The molecule has 0 bridgehead atoms. The number of rotatable bonds is 7. The number of aryl methyl sites for hydroxylation is 2. The topological polar surface area (TPSA) is 120 Å². The summed E-state index contributed by atoms with van der Waals surface area (Å²) in [5.74, 6) is 0.549. The van der Waals surface area contributed by atoms with Crippen molar-refractivity contribution in [3.63, 3.8) is 0 Å². The van der Waals surface area contributed by atoms with Gasteiger partial charge in [0.15, 0.2) is 5.16 Å². The number of carbonyl (C=O) groups is 1. The van der Waals surface area contributed by atoms with Crippen LogP contribution in [0.4, 0.5) is 10.4 Å². The van der Waals surface area contributed by atoms with E-state index in [0.29, 0.717) is 10.8 Å². The number of anilines is 1. The van der Waals surface area contributed by atoms with Crippen LogP contribution in [-0.4, -0.2) is 34.8 Å². The van der Waals surface area contributed by atoms with Gasteiger partial charge in [0, 0.05) is 0 Å². The van der Waals surface area contributed by atoms with Crippen LogP contribution in [0.3, 0.4) is 0 Å². The fourth-order valence-corrected chi connectivity index (χ4v) is 5.89. The summed E-state index contributed by atoms with van der Waals surface area (Å²) < 4.78 is 25.0. The molecule has 0 aliphatic heterocycles. The molecule has 0 spiro atoms. The number of hydrogen-bond donors (Lipinski definition) is 2. The van der Waals surface area contributed by atoms with Gasteiger partial charge in [-0.25, -0.2) is 13.6 Å². The van der Waals surface area contributed by atoms with Crippen molar-refractivity contribution in [2.24, 2.45) is 5.14 Å². The molecular weight excluding hydrogens is 513 g/mol. The molecular formula is C23H27ClFN5O3S2. The zero-order valence-corrected chi connectivity index (χ0v) is 21.8. The van der Waals surface area contributed by atoms with Crippen LogP contribution in [-0.2, 0) is 34.1 Å². The highest BCUT2D eigenvalue weighted by Crippen LogP contribution is 2.33. The number of amides is 1.